The summed E-state index contributed by atoms with van der Waals surface area (Å²) in [5.41, 5.74) is 5.36. The van der Waals surface area contributed by atoms with E-state index in [9.17, 15) is 9.90 Å². The molecule has 0 heterocycles. The van der Waals surface area contributed by atoms with Gasteiger partial charge in [0.1, 0.15) is 0 Å². The molecule has 0 bridgehead atoms. The van der Waals surface area contributed by atoms with E-state index in [0.29, 0.717) is 12.3 Å². The molecule has 0 aromatic heterocycles. The van der Waals surface area contributed by atoms with Crippen molar-refractivity contribution >= 4 is 6.09 Å². The van der Waals surface area contributed by atoms with E-state index >= 15 is 0 Å². The van der Waals surface area contributed by atoms with Gasteiger partial charge in [0, 0.05) is 12.6 Å². The average Bonchev–Trinajstić information content (AvgIpc) is 2.28. The van der Waals surface area contributed by atoms with Gasteiger partial charge in [-0.1, -0.05) is 19.3 Å². The number of nitrogens with one attached hydrogen (secondary N) is 1. The summed E-state index contributed by atoms with van der Waals surface area (Å²) in [5, 5.41) is 20.8. The molecule has 1 aliphatic carbocycles. The first-order valence-electron chi connectivity index (χ1n) is 6.01. The molecule has 5 heteroatoms. The fraction of sp³-hybridized carbons (Fsp3) is 0.909. The van der Waals surface area contributed by atoms with E-state index in [0.717, 1.165) is 25.7 Å². The van der Waals surface area contributed by atoms with Crippen LogP contribution in [0.2, 0.25) is 0 Å². The Kier molecular flexibility index (Phi) is 5.55. The molecule has 1 unspecified atom stereocenters. The maximum atomic E-state index is 10.7. The molecule has 5 nitrogen and oxygen atoms in total. The zero-order chi connectivity index (χ0) is 12.0. The molecule has 94 valence electrons. The quantitative estimate of drug-likeness (QED) is 0.564. The van der Waals surface area contributed by atoms with Crippen molar-refractivity contribution in [3.05, 3.63) is 0 Å². The summed E-state index contributed by atoms with van der Waals surface area (Å²) in [6.45, 7) is 0.185. The Bertz CT molecular complexity index is 217. The van der Waals surface area contributed by atoms with Gasteiger partial charge in [0.15, 0.2) is 0 Å². The first-order valence-corrected chi connectivity index (χ1v) is 6.01. The highest BCUT2D eigenvalue weighted by Crippen LogP contribution is 2.28. The molecule has 0 aliphatic heterocycles. The van der Waals surface area contributed by atoms with Crippen molar-refractivity contribution in [1.29, 1.82) is 0 Å². The lowest BCUT2D eigenvalue weighted by Crippen LogP contribution is -2.43. The number of rotatable bonds is 5. The number of hydrogen-bond acceptors (Lipinski definition) is 3. The van der Waals surface area contributed by atoms with Crippen LogP contribution in [0.5, 0.6) is 0 Å². The minimum atomic E-state index is -1.01. The first kappa shape index (κ1) is 13.3. The van der Waals surface area contributed by atoms with Gasteiger partial charge in [0.25, 0.3) is 0 Å². The first-order chi connectivity index (χ1) is 7.63. The highest BCUT2D eigenvalue weighted by atomic mass is 16.4. The topological polar surface area (TPSA) is 95.6 Å². The maximum Gasteiger partial charge on any atom is 0.404 e. The third-order valence-electron chi connectivity index (χ3n) is 3.33. The normalized spacial score (nSPS) is 21.4. The van der Waals surface area contributed by atoms with Crippen LogP contribution in [0.3, 0.4) is 0 Å². The lowest BCUT2D eigenvalue weighted by Gasteiger charge is -2.31. The lowest BCUT2D eigenvalue weighted by molar-refractivity contribution is 0.126. The summed E-state index contributed by atoms with van der Waals surface area (Å²) >= 11 is 0. The Hall–Kier alpha value is -0.810. The van der Waals surface area contributed by atoms with Crippen molar-refractivity contribution in [2.45, 2.75) is 50.7 Å². The molecule has 1 amide bonds. The fourth-order valence-electron chi connectivity index (χ4n) is 2.45. The van der Waals surface area contributed by atoms with Gasteiger partial charge in [-0.05, 0) is 25.2 Å². The molecule has 5 N–H and O–H groups in total. The summed E-state index contributed by atoms with van der Waals surface area (Å²) in [7, 11) is 0. The molecule has 0 aromatic carbocycles. The van der Waals surface area contributed by atoms with E-state index in [2.05, 4.69) is 5.32 Å². The fourth-order valence-corrected chi connectivity index (χ4v) is 2.45. The van der Waals surface area contributed by atoms with E-state index in [1.54, 1.807) is 0 Å². The molecular weight excluding hydrogens is 208 g/mol. The summed E-state index contributed by atoms with van der Waals surface area (Å²) in [6, 6.07) is -0.156. The van der Waals surface area contributed by atoms with Crippen LogP contribution < -0.4 is 11.1 Å². The maximum absolute atomic E-state index is 10.7. The zero-order valence-electron chi connectivity index (χ0n) is 9.56. The number of hydrogen-bond donors (Lipinski definition) is 4. The van der Waals surface area contributed by atoms with Crippen molar-refractivity contribution in [3.8, 4) is 0 Å². The number of aliphatic hydroxyl groups excluding tert-OH is 1. The van der Waals surface area contributed by atoms with Crippen LogP contribution in [0, 0.1) is 5.92 Å². The number of amides is 1. The Labute approximate surface area is 96.0 Å². The molecule has 16 heavy (non-hydrogen) atoms. The predicted molar refractivity (Wildman–Crippen MR) is 61.2 cm³/mol. The van der Waals surface area contributed by atoms with Gasteiger partial charge in [0.05, 0.1) is 6.10 Å². The second kappa shape index (κ2) is 6.70. The summed E-state index contributed by atoms with van der Waals surface area (Å²) < 4.78 is 0. The van der Waals surface area contributed by atoms with Crippen molar-refractivity contribution in [2.75, 3.05) is 6.54 Å². The highest BCUT2D eigenvalue weighted by Gasteiger charge is 2.26. The minimum Gasteiger partial charge on any atom is -0.465 e. The van der Waals surface area contributed by atoms with Gasteiger partial charge >= 0.3 is 6.09 Å². The van der Waals surface area contributed by atoms with E-state index in [4.69, 9.17) is 10.8 Å². The van der Waals surface area contributed by atoms with Crippen molar-refractivity contribution < 1.29 is 15.0 Å². The smallest absolute Gasteiger partial charge is 0.404 e. The number of carbonyl (C=O) groups is 1. The molecule has 1 aliphatic rings. The van der Waals surface area contributed by atoms with Gasteiger partial charge < -0.3 is 21.3 Å². The molecule has 0 spiro atoms. The van der Waals surface area contributed by atoms with E-state index in [-0.39, 0.29) is 12.6 Å². The number of aliphatic hydroxyl groups is 1. The Morgan fingerprint density at radius 2 is 2.00 bits per heavy atom. The minimum absolute atomic E-state index is 0.156. The van der Waals surface area contributed by atoms with Crippen LogP contribution in [-0.2, 0) is 0 Å². The third kappa shape index (κ3) is 4.37. The van der Waals surface area contributed by atoms with Crippen molar-refractivity contribution in [2.24, 2.45) is 11.7 Å². The lowest BCUT2D eigenvalue weighted by atomic mass is 9.82. The summed E-state index contributed by atoms with van der Waals surface area (Å²) in [5.74, 6) is 0.353. The Balaban J connectivity index is 2.50. The van der Waals surface area contributed by atoms with Gasteiger partial charge in [-0.25, -0.2) is 4.79 Å². The van der Waals surface area contributed by atoms with E-state index in [1.165, 1.54) is 6.42 Å². The summed E-state index contributed by atoms with van der Waals surface area (Å²) in [6.07, 6.45) is 4.43. The SMILES string of the molecule is NCC(O)C[C@H](NC(=O)O)C1CCCCC1. The van der Waals surface area contributed by atoms with E-state index in [1.807, 2.05) is 0 Å². The van der Waals surface area contributed by atoms with Crippen LogP contribution >= 0.6 is 0 Å². The highest BCUT2D eigenvalue weighted by molar-refractivity contribution is 5.64. The largest absolute Gasteiger partial charge is 0.465 e. The number of carboxylic acid groups (broad SMARTS) is 1. The van der Waals surface area contributed by atoms with Gasteiger partial charge in [-0.15, -0.1) is 0 Å². The average molecular weight is 230 g/mol. The van der Waals surface area contributed by atoms with Gasteiger partial charge in [-0.3, -0.25) is 0 Å². The summed E-state index contributed by atoms with van der Waals surface area (Å²) in [4.78, 5) is 10.7. The zero-order valence-corrected chi connectivity index (χ0v) is 9.56. The Morgan fingerprint density at radius 3 is 2.50 bits per heavy atom. The van der Waals surface area contributed by atoms with Crippen LogP contribution in [-0.4, -0.2) is 35.0 Å². The van der Waals surface area contributed by atoms with E-state index < -0.39 is 12.2 Å². The molecular formula is C11H22N2O3. The van der Waals surface area contributed by atoms with Crippen LogP contribution in [0.25, 0.3) is 0 Å². The molecule has 2 atom stereocenters. The molecule has 0 saturated heterocycles. The second-order valence-electron chi connectivity index (χ2n) is 4.58. The van der Waals surface area contributed by atoms with Crippen molar-refractivity contribution in [1.82, 2.24) is 5.32 Å². The van der Waals surface area contributed by atoms with Crippen LogP contribution in [0.1, 0.15) is 38.5 Å². The van der Waals surface area contributed by atoms with Crippen LogP contribution in [0.4, 0.5) is 4.79 Å². The monoisotopic (exact) mass is 230 g/mol. The Morgan fingerprint density at radius 1 is 1.38 bits per heavy atom. The van der Waals surface area contributed by atoms with Gasteiger partial charge in [-0.2, -0.15) is 0 Å². The molecule has 1 rings (SSSR count). The number of nitrogens with two attached hydrogens (primary N) is 1. The third-order valence-corrected chi connectivity index (χ3v) is 3.33. The van der Waals surface area contributed by atoms with Crippen molar-refractivity contribution in [3.63, 3.8) is 0 Å². The molecule has 1 saturated carbocycles. The molecule has 1 fully saturated rings. The molecule has 0 aromatic rings. The molecule has 0 radical (unpaired) electrons. The van der Waals surface area contributed by atoms with Crippen LogP contribution in [0.15, 0.2) is 0 Å². The predicted octanol–water partition coefficient (Wildman–Crippen LogP) is 0.913. The second-order valence-corrected chi connectivity index (χ2v) is 4.58. The standard InChI is InChI=1S/C11H22N2O3/c12-7-9(14)6-10(13-11(15)16)8-4-2-1-3-5-8/h8-10,13-14H,1-7,12H2,(H,15,16)/t9?,10-/m0/s1. The van der Waals surface area contributed by atoms with Gasteiger partial charge in [0.2, 0.25) is 0 Å².